The molecule has 0 spiro atoms. The highest BCUT2D eigenvalue weighted by atomic mass is 19.1. The Labute approximate surface area is 103 Å². The van der Waals surface area contributed by atoms with Gasteiger partial charge in [0.25, 0.3) is 0 Å². The highest BCUT2D eigenvalue weighted by Crippen LogP contribution is 2.15. The summed E-state index contributed by atoms with van der Waals surface area (Å²) in [4.78, 5) is 4.26. The molecule has 0 saturated heterocycles. The van der Waals surface area contributed by atoms with Gasteiger partial charge in [0.15, 0.2) is 5.82 Å². The lowest BCUT2D eigenvalue weighted by molar-refractivity contribution is 0.291. The number of hydrogen-bond acceptors (Lipinski definition) is 3. The fraction of sp³-hybridized carbons (Fsp3) is 0.538. The lowest BCUT2D eigenvalue weighted by Crippen LogP contribution is -2.23. The molecule has 17 heavy (non-hydrogen) atoms. The molecule has 0 amide bonds. The Hall–Kier alpha value is -1.13. The van der Waals surface area contributed by atoms with Crippen LogP contribution in [-0.2, 0) is 6.54 Å². The summed E-state index contributed by atoms with van der Waals surface area (Å²) in [7, 11) is 6.10. The molecule has 0 aliphatic rings. The van der Waals surface area contributed by atoms with Gasteiger partial charge in [-0.3, -0.25) is 0 Å². The molecule has 0 bridgehead atoms. The van der Waals surface area contributed by atoms with Crippen LogP contribution in [0.15, 0.2) is 18.2 Å². The van der Waals surface area contributed by atoms with Crippen molar-refractivity contribution in [2.75, 3.05) is 40.0 Å². The van der Waals surface area contributed by atoms with Crippen LogP contribution in [0.5, 0.6) is 0 Å². The highest BCUT2D eigenvalue weighted by molar-refractivity contribution is 5.42. The van der Waals surface area contributed by atoms with Crippen LogP contribution in [0.2, 0.25) is 0 Å². The molecule has 96 valence electrons. The third-order valence-corrected chi connectivity index (χ3v) is 2.69. The molecule has 0 heterocycles. The van der Waals surface area contributed by atoms with Gasteiger partial charge in [0.05, 0.1) is 5.69 Å². The molecule has 0 radical (unpaired) electrons. The number of hydrogen-bond donors (Lipinski definition) is 1. The first-order chi connectivity index (χ1) is 8.00. The Morgan fingerprint density at radius 2 is 1.88 bits per heavy atom. The molecule has 0 saturated carbocycles. The van der Waals surface area contributed by atoms with Crippen molar-refractivity contribution in [3.05, 3.63) is 29.6 Å². The van der Waals surface area contributed by atoms with Gasteiger partial charge in [-0.05, 0) is 46.7 Å². The van der Waals surface area contributed by atoms with E-state index in [0.717, 1.165) is 19.5 Å². The van der Waals surface area contributed by atoms with E-state index in [-0.39, 0.29) is 11.5 Å². The predicted octanol–water partition coefficient (Wildman–Crippen LogP) is 1.79. The number of anilines is 1. The molecular weight excluding hydrogens is 217 g/mol. The zero-order valence-corrected chi connectivity index (χ0v) is 10.9. The molecule has 0 fully saturated rings. The Morgan fingerprint density at radius 3 is 2.53 bits per heavy atom. The summed E-state index contributed by atoms with van der Waals surface area (Å²) >= 11 is 0. The Bertz CT molecular complexity index is 353. The SMILES string of the molecule is CN(C)CCCN(C)Cc1cccc(N)c1F. The van der Waals surface area contributed by atoms with Crippen LogP contribution >= 0.6 is 0 Å². The van der Waals surface area contributed by atoms with E-state index in [2.05, 4.69) is 23.9 Å². The second kappa shape index (κ2) is 6.57. The predicted molar refractivity (Wildman–Crippen MR) is 70.3 cm³/mol. The van der Waals surface area contributed by atoms with E-state index >= 15 is 0 Å². The summed E-state index contributed by atoms with van der Waals surface area (Å²) in [5, 5.41) is 0. The molecule has 0 unspecified atom stereocenters. The molecule has 0 aromatic heterocycles. The maximum absolute atomic E-state index is 13.7. The number of rotatable bonds is 6. The van der Waals surface area contributed by atoms with Gasteiger partial charge in [-0.25, -0.2) is 4.39 Å². The third kappa shape index (κ3) is 4.71. The Balaban J connectivity index is 2.45. The van der Waals surface area contributed by atoms with Crippen molar-refractivity contribution < 1.29 is 4.39 Å². The van der Waals surface area contributed by atoms with Crippen molar-refractivity contribution in [2.24, 2.45) is 0 Å². The molecule has 4 heteroatoms. The topological polar surface area (TPSA) is 32.5 Å². The Morgan fingerprint density at radius 1 is 1.18 bits per heavy atom. The minimum absolute atomic E-state index is 0.226. The molecule has 1 rings (SSSR count). The van der Waals surface area contributed by atoms with Gasteiger partial charge in [-0.1, -0.05) is 12.1 Å². The van der Waals surface area contributed by atoms with Gasteiger partial charge >= 0.3 is 0 Å². The van der Waals surface area contributed by atoms with E-state index < -0.39 is 0 Å². The fourth-order valence-electron chi connectivity index (χ4n) is 1.75. The van der Waals surface area contributed by atoms with Gasteiger partial charge < -0.3 is 15.5 Å². The van der Waals surface area contributed by atoms with Crippen molar-refractivity contribution in [1.29, 1.82) is 0 Å². The van der Waals surface area contributed by atoms with Crippen LogP contribution in [0.25, 0.3) is 0 Å². The molecule has 1 aromatic carbocycles. The molecular formula is C13H22FN3. The summed E-state index contributed by atoms with van der Waals surface area (Å²) in [5.74, 6) is -0.285. The van der Waals surface area contributed by atoms with Crippen LogP contribution in [0.3, 0.4) is 0 Å². The molecule has 2 N–H and O–H groups in total. The average molecular weight is 239 g/mol. The summed E-state index contributed by atoms with van der Waals surface area (Å²) in [5.41, 5.74) is 6.43. The Kier molecular flexibility index (Phi) is 5.38. The first-order valence-corrected chi connectivity index (χ1v) is 5.87. The van der Waals surface area contributed by atoms with Crippen LogP contribution in [0.4, 0.5) is 10.1 Å². The van der Waals surface area contributed by atoms with Crippen molar-refractivity contribution >= 4 is 5.69 Å². The minimum Gasteiger partial charge on any atom is -0.396 e. The molecule has 0 aliphatic heterocycles. The number of halogens is 1. The van der Waals surface area contributed by atoms with Crippen LogP contribution in [-0.4, -0.2) is 44.0 Å². The quantitative estimate of drug-likeness (QED) is 0.768. The average Bonchev–Trinajstić information content (AvgIpc) is 2.24. The molecule has 1 aromatic rings. The second-order valence-corrected chi connectivity index (χ2v) is 4.71. The zero-order chi connectivity index (χ0) is 12.8. The van der Waals surface area contributed by atoms with E-state index in [1.165, 1.54) is 0 Å². The summed E-state index contributed by atoms with van der Waals surface area (Å²) < 4.78 is 13.7. The first kappa shape index (κ1) is 13.9. The van der Waals surface area contributed by atoms with E-state index in [9.17, 15) is 4.39 Å². The van der Waals surface area contributed by atoms with Gasteiger partial charge in [-0.15, -0.1) is 0 Å². The van der Waals surface area contributed by atoms with Crippen molar-refractivity contribution in [1.82, 2.24) is 9.80 Å². The molecule has 0 aliphatic carbocycles. The summed E-state index contributed by atoms with van der Waals surface area (Å²) in [6.45, 7) is 2.60. The summed E-state index contributed by atoms with van der Waals surface area (Å²) in [6, 6.07) is 5.17. The van der Waals surface area contributed by atoms with Crippen molar-refractivity contribution in [3.8, 4) is 0 Å². The lowest BCUT2D eigenvalue weighted by atomic mass is 10.1. The van der Waals surface area contributed by atoms with Gasteiger partial charge in [0.2, 0.25) is 0 Å². The summed E-state index contributed by atoms with van der Waals surface area (Å²) in [6.07, 6.45) is 1.08. The van der Waals surface area contributed by atoms with Crippen LogP contribution < -0.4 is 5.73 Å². The van der Waals surface area contributed by atoms with Gasteiger partial charge in [0, 0.05) is 12.1 Å². The number of nitrogens with two attached hydrogens (primary N) is 1. The van der Waals surface area contributed by atoms with Crippen LogP contribution in [0.1, 0.15) is 12.0 Å². The molecule has 3 nitrogen and oxygen atoms in total. The van der Waals surface area contributed by atoms with E-state index in [1.54, 1.807) is 18.2 Å². The maximum atomic E-state index is 13.7. The first-order valence-electron chi connectivity index (χ1n) is 5.87. The largest absolute Gasteiger partial charge is 0.396 e. The fourth-order valence-corrected chi connectivity index (χ4v) is 1.75. The zero-order valence-electron chi connectivity index (χ0n) is 10.9. The maximum Gasteiger partial charge on any atom is 0.150 e. The smallest absolute Gasteiger partial charge is 0.150 e. The number of benzene rings is 1. The van der Waals surface area contributed by atoms with Gasteiger partial charge in [0.1, 0.15) is 0 Å². The van der Waals surface area contributed by atoms with Crippen LogP contribution in [0, 0.1) is 5.82 Å². The van der Waals surface area contributed by atoms with E-state index in [1.807, 2.05) is 7.05 Å². The third-order valence-electron chi connectivity index (χ3n) is 2.69. The monoisotopic (exact) mass is 239 g/mol. The van der Waals surface area contributed by atoms with E-state index in [4.69, 9.17) is 5.73 Å². The number of nitrogen functional groups attached to an aromatic ring is 1. The van der Waals surface area contributed by atoms with E-state index in [0.29, 0.717) is 12.1 Å². The lowest BCUT2D eigenvalue weighted by Gasteiger charge is -2.18. The normalized spacial score (nSPS) is 11.4. The highest BCUT2D eigenvalue weighted by Gasteiger charge is 2.07. The van der Waals surface area contributed by atoms with Crippen molar-refractivity contribution in [2.45, 2.75) is 13.0 Å². The standard InChI is InChI=1S/C13H22FN3/c1-16(2)8-5-9-17(3)10-11-6-4-7-12(15)13(11)14/h4,6-7H,5,8-10,15H2,1-3H3. The van der Waals surface area contributed by atoms with Crippen molar-refractivity contribution in [3.63, 3.8) is 0 Å². The van der Waals surface area contributed by atoms with Gasteiger partial charge in [-0.2, -0.15) is 0 Å². The second-order valence-electron chi connectivity index (χ2n) is 4.71. The minimum atomic E-state index is -0.285. The molecule has 0 atom stereocenters. The number of nitrogens with zero attached hydrogens (tertiary/aromatic N) is 2.